The molecule has 2 amide bonds. The first-order valence-electron chi connectivity index (χ1n) is 7.86. The fourth-order valence-electron chi connectivity index (χ4n) is 2.72. The third kappa shape index (κ3) is 3.32. The van der Waals surface area contributed by atoms with Gasteiger partial charge < -0.3 is 15.1 Å². The van der Waals surface area contributed by atoms with E-state index in [2.05, 4.69) is 24.2 Å². The van der Waals surface area contributed by atoms with Crippen LogP contribution in [0.25, 0.3) is 0 Å². The molecule has 0 spiro atoms. The number of rotatable bonds is 6. The number of likely N-dealkylation sites (N-methyl/N-ethyl adjacent to an activating group) is 1. The lowest BCUT2D eigenvalue weighted by Gasteiger charge is -2.34. The normalized spacial score (nSPS) is 21.6. The highest BCUT2D eigenvalue weighted by Gasteiger charge is 2.57. The minimum absolute atomic E-state index is 0.0440. The molecule has 1 heterocycles. The van der Waals surface area contributed by atoms with Crippen molar-refractivity contribution >= 4 is 11.8 Å². The molecule has 1 aliphatic carbocycles. The van der Waals surface area contributed by atoms with E-state index in [0.29, 0.717) is 6.54 Å². The number of nitrogens with one attached hydrogen (secondary N) is 1. The first-order valence-corrected chi connectivity index (χ1v) is 7.86. The number of carbonyl (C=O) groups is 2. The fraction of sp³-hybridized carbons (Fsp3) is 0.867. The van der Waals surface area contributed by atoms with Gasteiger partial charge in [-0.2, -0.15) is 0 Å². The quantitative estimate of drug-likeness (QED) is 0.580. The number of unbranched alkanes of at least 4 members (excludes halogenated alkanes) is 2. The van der Waals surface area contributed by atoms with Crippen molar-refractivity contribution in [2.45, 2.75) is 39.0 Å². The molecule has 0 bridgehead atoms. The lowest BCUT2D eigenvalue weighted by molar-refractivity contribution is -0.145. The molecule has 114 valence electrons. The Labute approximate surface area is 121 Å². The highest BCUT2D eigenvalue weighted by Crippen LogP contribution is 2.47. The highest BCUT2D eigenvalue weighted by atomic mass is 16.2. The van der Waals surface area contributed by atoms with Crippen molar-refractivity contribution in [1.82, 2.24) is 15.1 Å². The van der Waals surface area contributed by atoms with Crippen LogP contribution in [0.5, 0.6) is 0 Å². The molecular weight excluding hydrogens is 254 g/mol. The molecule has 0 atom stereocenters. The first-order chi connectivity index (χ1) is 9.60. The third-order valence-electron chi connectivity index (χ3n) is 4.45. The predicted octanol–water partition coefficient (Wildman–Crippen LogP) is 0.847. The molecule has 0 aromatic carbocycles. The topological polar surface area (TPSA) is 52.7 Å². The second-order valence-electron chi connectivity index (χ2n) is 6.14. The van der Waals surface area contributed by atoms with Crippen LogP contribution in [-0.2, 0) is 9.59 Å². The lowest BCUT2D eigenvalue weighted by atomic mass is 10.0. The Morgan fingerprint density at radius 1 is 1.10 bits per heavy atom. The predicted molar refractivity (Wildman–Crippen MR) is 78.3 cm³/mol. The van der Waals surface area contributed by atoms with Gasteiger partial charge in [-0.25, -0.2) is 0 Å². The third-order valence-corrected chi connectivity index (χ3v) is 4.45. The number of hydrogen-bond donors (Lipinski definition) is 1. The van der Waals surface area contributed by atoms with Crippen LogP contribution in [0, 0.1) is 5.41 Å². The molecule has 0 radical (unpaired) electrons. The molecule has 20 heavy (non-hydrogen) atoms. The van der Waals surface area contributed by atoms with Crippen LogP contribution in [0.1, 0.15) is 39.0 Å². The van der Waals surface area contributed by atoms with E-state index >= 15 is 0 Å². The maximum absolute atomic E-state index is 12.6. The summed E-state index contributed by atoms with van der Waals surface area (Å²) < 4.78 is 0. The van der Waals surface area contributed by atoms with Gasteiger partial charge in [-0.1, -0.05) is 19.8 Å². The Morgan fingerprint density at radius 2 is 1.75 bits per heavy atom. The zero-order valence-electron chi connectivity index (χ0n) is 12.8. The van der Waals surface area contributed by atoms with Crippen LogP contribution in [0.2, 0.25) is 0 Å². The number of amides is 2. The van der Waals surface area contributed by atoms with Gasteiger partial charge >= 0.3 is 0 Å². The molecule has 1 saturated heterocycles. The van der Waals surface area contributed by atoms with E-state index in [1.807, 2.05) is 4.90 Å². The summed E-state index contributed by atoms with van der Waals surface area (Å²) in [5.41, 5.74) is -0.720. The van der Waals surface area contributed by atoms with Gasteiger partial charge in [0.1, 0.15) is 5.41 Å². The van der Waals surface area contributed by atoms with Crippen molar-refractivity contribution in [3.8, 4) is 0 Å². The molecule has 2 aliphatic rings. The van der Waals surface area contributed by atoms with Crippen LogP contribution in [0.15, 0.2) is 0 Å². The molecule has 1 N–H and O–H groups in total. The number of carbonyl (C=O) groups excluding carboxylic acids is 2. The standard InChI is InChI=1S/C15H27N3O2/c1-3-4-5-8-16-13(19)15(6-7-15)14(20)18-11-9-17(2)10-12-18/h3-12H2,1-2H3,(H,16,19). The van der Waals surface area contributed by atoms with Crippen molar-refractivity contribution in [3.05, 3.63) is 0 Å². The molecule has 5 heteroatoms. The van der Waals surface area contributed by atoms with Gasteiger partial charge in [0.15, 0.2) is 0 Å². The summed E-state index contributed by atoms with van der Waals surface area (Å²) in [5, 5.41) is 2.95. The Hall–Kier alpha value is -1.10. The van der Waals surface area contributed by atoms with E-state index in [-0.39, 0.29) is 11.8 Å². The largest absolute Gasteiger partial charge is 0.355 e. The summed E-state index contributed by atoms with van der Waals surface area (Å²) in [6.07, 6.45) is 4.71. The number of hydrogen-bond acceptors (Lipinski definition) is 3. The fourth-order valence-corrected chi connectivity index (χ4v) is 2.72. The van der Waals surface area contributed by atoms with Crippen LogP contribution in [0.4, 0.5) is 0 Å². The zero-order valence-corrected chi connectivity index (χ0v) is 12.8. The van der Waals surface area contributed by atoms with Crippen LogP contribution >= 0.6 is 0 Å². The Bertz CT molecular complexity index is 358. The minimum Gasteiger partial charge on any atom is -0.355 e. The molecule has 2 fully saturated rings. The molecular formula is C15H27N3O2. The summed E-state index contributed by atoms with van der Waals surface area (Å²) in [4.78, 5) is 28.9. The van der Waals surface area contributed by atoms with E-state index in [0.717, 1.165) is 58.3 Å². The van der Waals surface area contributed by atoms with Crippen molar-refractivity contribution in [3.63, 3.8) is 0 Å². The summed E-state index contributed by atoms with van der Waals surface area (Å²) in [5.74, 6) is 0.0103. The number of nitrogens with zero attached hydrogens (tertiary/aromatic N) is 2. The zero-order chi connectivity index (χ0) is 14.6. The van der Waals surface area contributed by atoms with Gasteiger partial charge in [-0.15, -0.1) is 0 Å². The first kappa shape index (κ1) is 15.3. The maximum atomic E-state index is 12.6. The van der Waals surface area contributed by atoms with Crippen LogP contribution in [-0.4, -0.2) is 61.4 Å². The lowest BCUT2D eigenvalue weighted by Crippen LogP contribution is -2.52. The minimum atomic E-state index is -0.720. The van der Waals surface area contributed by atoms with E-state index in [4.69, 9.17) is 0 Å². The van der Waals surface area contributed by atoms with Gasteiger partial charge in [-0.3, -0.25) is 9.59 Å². The summed E-state index contributed by atoms with van der Waals surface area (Å²) in [6.45, 7) is 6.14. The Kier molecular flexibility index (Phi) is 5.02. The highest BCUT2D eigenvalue weighted by molar-refractivity contribution is 6.07. The second-order valence-corrected chi connectivity index (χ2v) is 6.14. The van der Waals surface area contributed by atoms with Gasteiger partial charge in [0, 0.05) is 32.7 Å². The van der Waals surface area contributed by atoms with Crippen molar-refractivity contribution in [1.29, 1.82) is 0 Å². The average Bonchev–Trinajstić information content (AvgIpc) is 3.25. The van der Waals surface area contributed by atoms with Crippen LogP contribution < -0.4 is 5.32 Å². The molecule has 2 rings (SSSR count). The van der Waals surface area contributed by atoms with Gasteiger partial charge in [0.25, 0.3) is 0 Å². The molecule has 0 aromatic rings. The number of piperazine rings is 1. The summed E-state index contributed by atoms with van der Waals surface area (Å²) in [7, 11) is 2.06. The van der Waals surface area contributed by atoms with E-state index < -0.39 is 5.41 Å². The van der Waals surface area contributed by atoms with Gasteiger partial charge in [-0.05, 0) is 26.3 Å². The van der Waals surface area contributed by atoms with Gasteiger partial charge in [0.05, 0.1) is 0 Å². The SMILES string of the molecule is CCCCCNC(=O)C1(C(=O)N2CCN(C)CC2)CC1. The van der Waals surface area contributed by atoms with E-state index in [9.17, 15) is 9.59 Å². The van der Waals surface area contributed by atoms with Crippen molar-refractivity contribution in [2.24, 2.45) is 5.41 Å². The Morgan fingerprint density at radius 3 is 2.30 bits per heavy atom. The molecule has 0 unspecified atom stereocenters. The molecule has 5 nitrogen and oxygen atoms in total. The van der Waals surface area contributed by atoms with Gasteiger partial charge in [0.2, 0.25) is 11.8 Å². The maximum Gasteiger partial charge on any atom is 0.238 e. The smallest absolute Gasteiger partial charge is 0.238 e. The van der Waals surface area contributed by atoms with Crippen molar-refractivity contribution in [2.75, 3.05) is 39.8 Å². The monoisotopic (exact) mass is 281 g/mol. The van der Waals surface area contributed by atoms with Crippen molar-refractivity contribution < 1.29 is 9.59 Å². The Balaban J connectivity index is 1.83. The molecule has 1 saturated carbocycles. The molecule has 1 aliphatic heterocycles. The van der Waals surface area contributed by atoms with E-state index in [1.54, 1.807) is 0 Å². The average molecular weight is 281 g/mol. The molecule has 0 aromatic heterocycles. The van der Waals surface area contributed by atoms with Crippen LogP contribution in [0.3, 0.4) is 0 Å². The summed E-state index contributed by atoms with van der Waals surface area (Å²) >= 11 is 0. The second kappa shape index (κ2) is 6.57. The van der Waals surface area contributed by atoms with E-state index in [1.165, 1.54) is 0 Å². The summed E-state index contributed by atoms with van der Waals surface area (Å²) in [6, 6.07) is 0.